The van der Waals surface area contributed by atoms with Crippen molar-refractivity contribution < 1.29 is 14.4 Å². The molecular weight excluding hydrogens is 454 g/mol. The van der Waals surface area contributed by atoms with Crippen LogP contribution in [0.15, 0.2) is 103 Å². The second-order valence-electron chi connectivity index (χ2n) is 8.24. The second-order valence-corrected chi connectivity index (χ2v) is 8.24. The summed E-state index contributed by atoms with van der Waals surface area (Å²) in [5.41, 5.74) is 2.85. The van der Waals surface area contributed by atoms with Gasteiger partial charge in [-0.05, 0) is 41.5 Å². The summed E-state index contributed by atoms with van der Waals surface area (Å²) in [6, 6.07) is 26.9. The van der Waals surface area contributed by atoms with Crippen molar-refractivity contribution >= 4 is 23.4 Å². The van der Waals surface area contributed by atoms with E-state index in [1.807, 2.05) is 54.6 Å². The van der Waals surface area contributed by atoms with Crippen molar-refractivity contribution in [2.75, 3.05) is 5.32 Å². The highest BCUT2D eigenvalue weighted by Crippen LogP contribution is 2.18. The van der Waals surface area contributed by atoms with Crippen LogP contribution < -0.4 is 16.0 Å². The number of hydrogen-bond donors (Lipinski definition) is 3. The van der Waals surface area contributed by atoms with E-state index in [4.69, 9.17) is 0 Å². The van der Waals surface area contributed by atoms with Crippen molar-refractivity contribution in [3.05, 3.63) is 120 Å². The zero-order valence-corrected chi connectivity index (χ0v) is 19.6. The Hall–Kier alpha value is -4.72. The van der Waals surface area contributed by atoms with Gasteiger partial charge in [0.15, 0.2) is 0 Å². The molecule has 4 rings (SSSR count). The molecule has 1 aromatic heterocycles. The van der Waals surface area contributed by atoms with E-state index in [0.29, 0.717) is 11.3 Å². The van der Waals surface area contributed by atoms with Gasteiger partial charge in [-0.25, -0.2) is 0 Å². The molecule has 8 nitrogen and oxygen atoms in total. The quantitative estimate of drug-likeness (QED) is 0.321. The molecule has 1 heterocycles. The van der Waals surface area contributed by atoms with E-state index in [1.54, 1.807) is 53.5 Å². The highest BCUT2D eigenvalue weighted by Gasteiger charge is 2.19. The number of carbonyl (C=O) groups is 3. The van der Waals surface area contributed by atoms with Crippen molar-refractivity contribution in [1.82, 2.24) is 20.4 Å². The summed E-state index contributed by atoms with van der Waals surface area (Å²) < 4.78 is 1.54. The molecular formula is C28H27N5O3. The molecule has 1 atom stereocenters. The van der Waals surface area contributed by atoms with Crippen LogP contribution in [0.25, 0.3) is 0 Å². The monoisotopic (exact) mass is 481 g/mol. The van der Waals surface area contributed by atoms with E-state index in [2.05, 4.69) is 21.0 Å². The highest BCUT2D eigenvalue weighted by molar-refractivity contribution is 5.94. The predicted molar refractivity (Wildman–Crippen MR) is 137 cm³/mol. The summed E-state index contributed by atoms with van der Waals surface area (Å²) in [5, 5.41) is 12.8. The number of benzene rings is 3. The SMILES string of the molecule is O=C(CC(NC(=O)c1ccccc1)c1ccccc1)NCc1cccc(NC(=O)Cn2cccn2)c1. The van der Waals surface area contributed by atoms with Crippen molar-refractivity contribution in [1.29, 1.82) is 0 Å². The normalized spacial score (nSPS) is 11.3. The first-order valence-corrected chi connectivity index (χ1v) is 11.6. The Labute approximate surface area is 209 Å². The third-order valence-electron chi connectivity index (χ3n) is 5.50. The average Bonchev–Trinajstić information content (AvgIpc) is 3.41. The first-order chi connectivity index (χ1) is 17.6. The first-order valence-electron chi connectivity index (χ1n) is 11.6. The molecule has 0 saturated heterocycles. The molecule has 0 saturated carbocycles. The van der Waals surface area contributed by atoms with E-state index in [0.717, 1.165) is 11.1 Å². The van der Waals surface area contributed by atoms with Crippen LogP contribution in [0.2, 0.25) is 0 Å². The van der Waals surface area contributed by atoms with Gasteiger partial charge in [0.05, 0.1) is 12.5 Å². The maximum atomic E-state index is 12.8. The van der Waals surface area contributed by atoms with Crippen LogP contribution in [0.5, 0.6) is 0 Å². The van der Waals surface area contributed by atoms with E-state index in [1.165, 1.54) is 0 Å². The molecule has 0 radical (unpaired) electrons. The molecule has 3 amide bonds. The number of nitrogens with one attached hydrogen (secondary N) is 3. The summed E-state index contributed by atoms with van der Waals surface area (Å²) in [6.45, 7) is 0.402. The molecule has 8 heteroatoms. The number of carbonyl (C=O) groups excluding carboxylic acids is 3. The Bertz CT molecular complexity index is 1290. The molecule has 0 aliphatic carbocycles. The van der Waals surface area contributed by atoms with Crippen LogP contribution in [0.1, 0.15) is 33.9 Å². The topological polar surface area (TPSA) is 105 Å². The van der Waals surface area contributed by atoms with Crippen molar-refractivity contribution in [3.63, 3.8) is 0 Å². The number of rotatable bonds is 10. The summed E-state index contributed by atoms with van der Waals surface area (Å²) in [7, 11) is 0. The minimum absolute atomic E-state index is 0.0862. The van der Waals surface area contributed by atoms with Gasteiger partial charge in [0.1, 0.15) is 6.54 Å². The molecule has 3 aromatic carbocycles. The minimum Gasteiger partial charge on any atom is -0.352 e. The molecule has 0 spiro atoms. The van der Waals surface area contributed by atoms with E-state index in [-0.39, 0.29) is 37.2 Å². The highest BCUT2D eigenvalue weighted by atomic mass is 16.2. The minimum atomic E-state index is -0.480. The molecule has 36 heavy (non-hydrogen) atoms. The lowest BCUT2D eigenvalue weighted by molar-refractivity contribution is -0.121. The summed E-state index contributed by atoms with van der Waals surface area (Å²) in [6.07, 6.45) is 3.42. The number of aromatic nitrogens is 2. The summed E-state index contributed by atoms with van der Waals surface area (Å²) in [5.74, 6) is -0.638. The Morgan fingerprint density at radius 2 is 1.58 bits per heavy atom. The van der Waals surface area contributed by atoms with Gasteiger partial charge in [-0.1, -0.05) is 60.7 Å². The summed E-state index contributed by atoms with van der Waals surface area (Å²) >= 11 is 0. The Balaban J connectivity index is 1.34. The van der Waals surface area contributed by atoms with Crippen molar-refractivity contribution in [2.45, 2.75) is 25.6 Å². The van der Waals surface area contributed by atoms with Crippen LogP contribution in [-0.2, 0) is 22.7 Å². The Morgan fingerprint density at radius 1 is 0.833 bits per heavy atom. The maximum absolute atomic E-state index is 12.8. The number of nitrogens with zero attached hydrogens (tertiary/aromatic N) is 2. The second kappa shape index (κ2) is 12.1. The predicted octanol–water partition coefficient (Wildman–Crippen LogP) is 3.70. The average molecular weight is 482 g/mol. The van der Waals surface area contributed by atoms with Crippen LogP contribution in [0.3, 0.4) is 0 Å². The lowest BCUT2D eigenvalue weighted by atomic mass is 10.0. The molecule has 0 aliphatic rings. The van der Waals surface area contributed by atoms with Gasteiger partial charge in [0.2, 0.25) is 11.8 Å². The van der Waals surface area contributed by atoms with Crippen molar-refractivity contribution in [3.8, 4) is 0 Å². The fourth-order valence-corrected chi connectivity index (χ4v) is 3.73. The molecule has 1 unspecified atom stereocenters. The van der Waals surface area contributed by atoms with Gasteiger partial charge in [-0.15, -0.1) is 0 Å². The number of hydrogen-bond acceptors (Lipinski definition) is 4. The molecule has 0 bridgehead atoms. The van der Waals surface area contributed by atoms with E-state index in [9.17, 15) is 14.4 Å². The fraction of sp³-hybridized carbons (Fsp3) is 0.143. The van der Waals surface area contributed by atoms with Crippen LogP contribution in [0, 0.1) is 0 Å². The number of amides is 3. The number of anilines is 1. The van der Waals surface area contributed by atoms with Crippen LogP contribution in [0.4, 0.5) is 5.69 Å². The molecule has 0 fully saturated rings. The Kier molecular flexibility index (Phi) is 8.22. The molecule has 4 aromatic rings. The van der Waals surface area contributed by atoms with Gasteiger partial charge < -0.3 is 16.0 Å². The van der Waals surface area contributed by atoms with Gasteiger partial charge in [-0.2, -0.15) is 5.10 Å². The molecule has 182 valence electrons. The third kappa shape index (κ3) is 7.14. The lowest BCUT2D eigenvalue weighted by Crippen LogP contribution is -2.33. The maximum Gasteiger partial charge on any atom is 0.251 e. The Morgan fingerprint density at radius 3 is 2.31 bits per heavy atom. The lowest BCUT2D eigenvalue weighted by Gasteiger charge is -2.19. The van der Waals surface area contributed by atoms with Crippen molar-refractivity contribution in [2.24, 2.45) is 0 Å². The molecule has 3 N–H and O–H groups in total. The fourth-order valence-electron chi connectivity index (χ4n) is 3.73. The van der Waals surface area contributed by atoms with Gasteiger partial charge in [0, 0.05) is 30.2 Å². The first kappa shape index (κ1) is 24.4. The van der Waals surface area contributed by atoms with Crippen LogP contribution in [-0.4, -0.2) is 27.5 Å². The van der Waals surface area contributed by atoms with E-state index >= 15 is 0 Å². The van der Waals surface area contributed by atoms with Gasteiger partial charge >= 0.3 is 0 Å². The van der Waals surface area contributed by atoms with Crippen LogP contribution >= 0.6 is 0 Å². The smallest absolute Gasteiger partial charge is 0.251 e. The standard InChI is InChI=1S/C28H27N5O3/c34-26(18-25(22-10-3-1-4-11-22)32-28(36)23-12-5-2-6-13-23)29-19-21-9-7-14-24(17-21)31-27(35)20-33-16-8-15-30-33/h1-17,25H,18-20H2,(H,29,34)(H,31,35)(H,32,36). The molecule has 0 aliphatic heterocycles. The van der Waals surface area contributed by atoms with Gasteiger partial charge in [0.25, 0.3) is 5.91 Å². The summed E-state index contributed by atoms with van der Waals surface area (Å²) in [4.78, 5) is 37.8. The zero-order valence-electron chi connectivity index (χ0n) is 19.6. The largest absolute Gasteiger partial charge is 0.352 e. The van der Waals surface area contributed by atoms with Gasteiger partial charge in [-0.3, -0.25) is 19.1 Å². The third-order valence-corrected chi connectivity index (χ3v) is 5.50. The van der Waals surface area contributed by atoms with E-state index < -0.39 is 6.04 Å². The zero-order chi connectivity index (χ0) is 25.2.